The Morgan fingerprint density at radius 1 is 1.33 bits per heavy atom. The Balaban J connectivity index is 3.69. The second kappa shape index (κ2) is 5.75. The minimum absolute atomic E-state index is 0.158. The van der Waals surface area contributed by atoms with Crippen LogP contribution in [0.1, 0.15) is 20.3 Å². The molecule has 0 heterocycles. The van der Waals surface area contributed by atoms with Crippen molar-refractivity contribution in [3.05, 3.63) is 0 Å². The van der Waals surface area contributed by atoms with E-state index in [1.165, 1.54) is 18.0 Å². The minimum atomic E-state index is -2.89. The summed E-state index contributed by atoms with van der Waals surface area (Å²) in [4.78, 5) is 10.7. The Labute approximate surface area is 95.4 Å². The van der Waals surface area contributed by atoms with Crippen molar-refractivity contribution in [2.75, 3.05) is 23.5 Å². The molecule has 0 saturated heterocycles. The number of carboxylic acid groups (broad SMARTS) is 1. The summed E-state index contributed by atoms with van der Waals surface area (Å²) in [6.45, 7) is 3.35. The molecule has 0 unspecified atom stereocenters. The molecule has 4 nitrogen and oxygen atoms in total. The van der Waals surface area contributed by atoms with Gasteiger partial charge in [0.05, 0.1) is 11.2 Å². The van der Waals surface area contributed by atoms with Crippen molar-refractivity contribution in [1.82, 2.24) is 0 Å². The highest BCUT2D eigenvalue weighted by Crippen LogP contribution is 2.22. The third-order valence-corrected chi connectivity index (χ3v) is 4.24. The molecule has 90 valence electrons. The number of carboxylic acids is 1. The first-order valence-corrected chi connectivity index (χ1v) is 7.85. The van der Waals surface area contributed by atoms with E-state index in [0.717, 1.165) is 0 Å². The molecule has 0 aliphatic rings. The summed E-state index contributed by atoms with van der Waals surface area (Å²) in [6.07, 6.45) is 1.76. The molecule has 15 heavy (non-hydrogen) atoms. The Morgan fingerprint density at radius 3 is 2.27 bits per heavy atom. The lowest BCUT2D eigenvalue weighted by Crippen LogP contribution is -2.24. The van der Waals surface area contributed by atoms with Crippen molar-refractivity contribution in [3.8, 4) is 0 Å². The highest BCUT2D eigenvalue weighted by Gasteiger charge is 2.26. The zero-order valence-corrected chi connectivity index (χ0v) is 10.9. The fourth-order valence-corrected chi connectivity index (χ4v) is 3.29. The van der Waals surface area contributed by atoms with E-state index >= 15 is 0 Å². The summed E-state index contributed by atoms with van der Waals surface area (Å²) < 4.78 is 21.6. The van der Waals surface area contributed by atoms with Gasteiger partial charge in [-0.05, 0) is 26.0 Å². The molecular weight excluding hydrogens is 236 g/mol. The monoisotopic (exact) mass is 254 g/mol. The predicted octanol–water partition coefficient (Wildman–Crippen LogP) is 1.27. The van der Waals surface area contributed by atoms with Crippen LogP contribution in [0.15, 0.2) is 0 Å². The maximum Gasteiger partial charge on any atom is 0.309 e. The van der Waals surface area contributed by atoms with Crippen molar-refractivity contribution in [1.29, 1.82) is 0 Å². The van der Waals surface area contributed by atoms with Crippen LogP contribution in [-0.2, 0) is 14.6 Å². The summed E-state index contributed by atoms with van der Waals surface area (Å²) in [5, 5.41) is 8.82. The third-order valence-electron chi connectivity index (χ3n) is 2.05. The molecule has 0 radical (unpaired) electrons. The fourth-order valence-electron chi connectivity index (χ4n) is 0.747. The van der Waals surface area contributed by atoms with Gasteiger partial charge in [0.2, 0.25) is 0 Å². The molecule has 0 aromatic heterocycles. The molecule has 0 fully saturated rings. The van der Waals surface area contributed by atoms with E-state index in [2.05, 4.69) is 0 Å². The third kappa shape index (κ3) is 7.67. The highest BCUT2D eigenvalue weighted by atomic mass is 32.2. The van der Waals surface area contributed by atoms with Crippen LogP contribution in [0.2, 0.25) is 0 Å². The van der Waals surface area contributed by atoms with Gasteiger partial charge in [-0.25, -0.2) is 8.42 Å². The fraction of sp³-hybridized carbons (Fsp3) is 0.889. The summed E-state index contributed by atoms with van der Waals surface area (Å²) >= 11 is 1.48. The van der Waals surface area contributed by atoms with Crippen LogP contribution in [-0.4, -0.2) is 43.0 Å². The zero-order chi connectivity index (χ0) is 12.1. The average Bonchev–Trinajstić information content (AvgIpc) is 2.00. The first-order valence-electron chi connectivity index (χ1n) is 4.64. The van der Waals surface area contributed by atoms with Crippen LogP contribution in [0.5, 0.6) is 0 Å². The Hall–Kier alpha value is -0.230. The molecule has 0 spiro atoms. The predicted molar refractivity (Wildman–Crippen MR) is 63.1 cm³/mol. The van der Waals surface area contributed by atoms with Crippen LogP contribution >= 0.6 is 11.8 Å². The van der Waals surface area contributed by atoms with Gasteiger partial charge in [0.15, 0.2) is 0 Å². The normalized spacial score (nSPS) is 12.7. The van der Waals surface area contributed by atoms with Crippen molar-refractivity contribution in [3.63, 3.8) is 0 Å². The van der Waals surface area contributed by atoms with E-state index in [9.17, 15) is 13.2 Å². The van der Waals surface area contributed by atoms with Gasteiger partial charge in [0.1, 0.15) is 9.84 Å². The molecule has 0 aliphatic carbocycles. The smallest absolute Gasteiger partial charge is 0.309 e. The van der Waals surface area contributed by atoms with Crippen molar-refractivity contribution < 1.29 is 18.3 Å². The van der Waals surface area contributed by atoms with Crippen LogP contribution in [0.4, 0.5) is 0 Å². The molecule has 0 bridgehead atoms. The van der Waals surface area contributed by atoms with Gasteiger partial charge in [-0.1, -0.05) is 0 Å². The van der Waals surface area contributed by atoms with E-state index < -0.39 is 21.2 Å². The van der Waals surface area contributed by atoms with E-state index in [1.54, 1.807) is 13.8 Å². The van der Waals surface area contributed by atoms with Gasteiger partial charge in [0, 0.05) is 12.0 Å². The van der Waals surface area contributed by atoms with E-state index in [-0.39, 0.29) is 5.75 Å². The summed E-state index contributed by atoms with van der Waals surface area (Å²) in [7, 11) is -2.89. The number of rotatable bonds is 7. The molecule has 0 amide bonds. The number of sulfone groups is 1. The average molecular weight is 254 g/mol. The van der Waals surface area contributed by atoms with Crippen LogP contribution in [0, 0.1) is 5.41 Å². The first-order chi connectivity index (χ1) is 6.65. The second-order valence-corrected chi connectivity index (χ2v) is 7.67. The SMILES string of the molecule is CC(C)(CCSCCS(C)(=O)=O)C(=O)O. The van der Waals surface area contributed by atoms with Crippen LogP contribution < -0.4 is 0 Å². The number of carbonyl (C=O) groups is 1. The molecule has 0 atom stereocenters. The first kappa shape index (κ1) is 14.8. The van der Waals surface area contributed by atoms with Gasteiger partial charge >= 0.3 is 5.97 Å². The molecule has 0 saturated carbocycles. The summed E-state index contributed by atoms with van der Waals surface area (Å²) in [6, 6.07) is 0. The Kier molecular flexibility index (Phi) is 5.66. The van der Waals surface area contributed by atoms with Gasteiger partial charge in [-0.2, -0.15) is 11.8 Å². The van der Waals surface area contributed by atoms with Crippen molar-refractivity contribution in [2.45, 2.75) is 20.3 Å². The quantitative estimate of drug-likeness (QED) is 0.693. The summed E-state index contributed by atoms with van der Waals surface area (Å²) in [5.74, 6) is 0.556. The van der Waals surface area contributed by atoms with Gasteiger partial charge < -0.3 is 5.11 Å². The van der Waals surface area contributed by atoms with Gasteiger partial charge in [-0.3, -0.25) is 4.79 Å². The molecule has 1 N–H and O–H groups in total. The Morgan fingerprint density at radius 2 is 1.87 bits per heavy atom. The molecule has 0 aromatic rings. The standard InChI is InChI=1S/C9H18O4S2/c1-9(2,8(10)11)4-5-14-6-7-15(3,12)13/h4-7H2,1-3H3,(H,10,11). The largest absolute Gasteiger partial charge is 0.481 e. The van der Waals surface area contributed by atoms with Crippen LogP contribution in [0.25, 0.3) is 0 Å². The lowest BCUT2D eigenvalue weighted by molar-refractivity contribution is -0.146. The Bertz CT molecular complexity index is 306. The van der Waals surface area contributed by atoms with Crippen LogP contribution in [0.3, 0.4) is 0 Å². The molecular formula is C9H18O4S2. The van der Waals surface area contributed by atoms with E-state index in [4.69, 9.17) is 5.11 Å². The topological polar surface area (TPSA) is 71.4 Å². The highest BCUT2D eigenvalue weighted by molar-refractivity contribution is 8.00. The van der Waals surface area contributed by atoms with Crippen molar-refractivity contribution >= 4 is 27.6 Å². The van der Waals surface area contributed by atoms with Crippen molar-refractivity contribution in [2.24, 2.45) is 5.41 Å². The molecule has 0 rings (SSSR count). The molecule has 0 aliphatic heterocycles. The number of hydrogen-bond donors (Lipinski definition) is 1. The van der Waals surface area contributed by atoms with E-state index in [0.29, 0.717) is 17.9 Å². The number of thioether (sulfide) groups is 1. The second-order valence-electron chi connectivity index (χ2n) is 4.18. The minimum Gasteiger partial charge on any atom is -0.481 e. The lowest BCUT2D eigenvalue weighted by Gasteiger charge is -2.18. The number of aliphatic carboxylic acids is 1. The maximum atomic E-state index is 10.8. The maximum absolute atomic E-state index is 10.8. The van der Waals surface area contributed by atoms with Gasteiger partial charge in [0.25, 0.3) is 0 Å². The molecule has 0 aromatic carbocycles. The van der Waals surface area contributed by atoms with E-state index in [1.807, 2.05) is 0 Å². The number of hydrogen-bond acceptors (Lipinski definition) is 4. The lowest BCUT2D eigenvalue weighted by atomic mass is 9.91. The summed E-state index contributed by atoms with van der Waals surface area (Å²) in [5.41, 5.74) is -0.724. The molecule has 6 heteroatoms. The zero-order valence-electron chi connectivity index (χ0n) is 9.32. The van der Waals surface area contributed by atoms with Gasteiger partial charge in [-0.15, -0.1) is 0 Å².